The molecule has 0 saturated carbocycles. The fourth-order valence-corrected chi connectivity index (χ4v) is 3.12. The van der Waals surface area contributed by atoms with E-state index in [1.165, 1.54) is 5.56 Å². The summed E-state index contributed by atoms with van der Waals surface area (Å²) in [6, 6.07) is 18.1. The van der Waals surface area contributed by atoms with Gasteiger partial charge in [0.15, 0.2) is 0 Å². The summed E-state index contributed by atoms with van der Waals surface area (Å²) in [6.45, 7) is 6.57. The molecule has 0 aliphatic rings. The SMILES string of the molecule is CCOc1ccc2ccccc2c1/C=N/NC(=O)Cc1ccc(C)cc1C. The number of hydrazone groups is 1. The van der Waals surface area contributed by atoms with Gasteiger partial charge in [0.2, 0.25) is 5.91 Å². The second-order valence-corrected chi connectivity index (χ2v) is 6.53. The van der Waals surface area contributed by atoms with Crippen LogP contribution in [0.4, 0.5) is 0 Å². The minimum atomic E-state index is -0.142. The monoisotopic (exact) mass is 360 g/mol. The van der Waals surface area contributed by atoms with Crippen LogP contribution < -0.4 is 10.2 Å². The third-order valence-corrected chi connectivity index (χ3v) is 4.46. The van der Waals surface area contributed by atoms with Crippen molar-refractivity contribution in [2.45, 2.75) is 27.2 Å². The molecule has 0 aliphatic heterocycles. The van der Waals surface area contributed by atoms with Crippen LogP contribution in [0.1, 0.15) is 29.2 Å². The molecule has 4 nitrogen and oxygen atoms in total. The first-order valence-corrected chi connectivity index (χ1v) is 9.11. The van der Waals surface area contributed by atoms with Gasteiger partial charge in [0.1, 0.15) is 5.75 Å². The number of rotatable bonds is 6. The molecule has 0 spiro atoms. The van der Waals surface area contributed by atoms with Crippen LogP contribution in [0.15, 0.2) is 59.7 Å². The zero-order chi connectivity index (χ0) is 19.2. The van der Waals surface area contributed by atoms with Gasteiger partial charge in [0.05, 0.1) is 19.2 Å². The van der Waals surface area contributed by atoms with Gasteiger partial charge in [-0.1, -0.05) is 54.1 Å². The molecule has 138 valence electrons. The number of carbonyl (C=O) groups excluding carboxylic acids is 1. The molecule has 0 radical (unpaired) electrons. The molecule has 3 aromatic carbocycles. The van der Waals surface area contributed by atoms with E-state index in [-0.39, 0.29) is 5.91 Å². The summed E-state index contributed by atoms with van der Waals surface area (Å²) in [6.07, 6.45) is 1.96. The van der Waals surface area contributed by atoms with Crippen LogP contribution in [0, 0.1) is 13.8 Å². The highest BCUT2D eigenvalue weighted by Crippen LogP contribution is 2.26. The van der Waals surface area contributed by atoms with Gasteiger partial charge in [-0.3, -0.25) is 4.79 Å². The van der Waals surface area contributed by atoms with E-state index in [1.54, 1.807) is 6.21 Å². The van der Waals surface area contributed by atoms with Crippen LogP contribution >= 0.6 is 0 Å². The van der Waals surface area contributed by atoms with Crippen LogP contribution in [0.3, 0.4) is 0 Å². The number of ether oxygens (including phenoxy) is 1. The Bertz CT molecular complexity index is 993. The minimum absolute atomic E-state index is 0.142. The van der Waals surface area contributed by atoms with E-state index < -0.39 is 0 Å². The highest BCUT2D eigenvalue weighted by molar-refractivity contribution is 6.02. The highest BCUT2D eigenvalue weighted by Gasteiger charge is 2.08. The molecule has 1 N–H and O–H groups in total. The number of nitrogens with zero attached hydrogens (tertiary/aromatic N) is 1. The highest BCUT2D eigenvalue weighted by atomic mass is 16.5. The van der Waals surface area contributed by atoms with E-state index in [0.29, 0.717) is 13.0 Å². The zero-order valence-electron chi connectivity index (χ0n) is 16.0. The topological polar surface area (TPSA) is 50.7 Å². The van der Waals surface area contributed by atoms with Gasteiger partial charge < -0.3 is 4.74 Å². The van der Waals surface area contributed by atoms with Gasteiger partial charge in [0, 0.05) is 5.56 Å². The fraction of sp³-hybridized carbons (Fsp3) is 0.217. The van der Waals surface area contributed by atoms with Gasteiger partial charge >= 0.3 is 0 Å². The van der Waals surface area contributed by atoms with Crippen LogP contribution in [-0.2, 0) is 11.2 Å². The second-order valence-electron chi connectivity index (χ2n) is 6.53. The van der Waals surface area contributed by atoms with Crippen molar-refractivity contribution in [1.29, 1.82) is 0 Å². The molecule has 27 heavy (non-hydrogen) atoms. The standard InChI is InChI=1S/C23H24N2O2/c1-4-27-22-12-11-18-7-5-6-8-20(18)21(22)15-24-25-23(26)14-19-10-9-16(2)13-17(19)3/h5-13,15H,4,14H2,1-3H3,(H,25,26)/b24-15+. The van der Waals surface area contributed by atoms with Crippen molar-refractivity contribution in [2.75, 3.05) is 6.61 Å². The van der Waals surface area contributed by atoms with Gasteiger partial charge in [0.25, 0.3) is 0 Å². The Morgan fingerprint density at radius 2 is 1.93 bits per heavy atom. The second kappa shape index (κ2) is 8.49. The average Bonchev–Trinajstić information content (AvgIpc) is 2.65. The molecule has 0 aliphatic carbocycles. The van der Waals surface area contributed by atoms with Gasteiger partial charge in [-0.05, 0) is 48.7 Å². The quantitative estimate of drug-likeness (QED) is 0.518. The van der Waals surface area contributed by atoms with E-state index in [4.69, 9.17) is 4.74 Å². The smallest absolute Gasteiger partial charge is 0.244 e. The molecule has 4 heteroatoms. The minimum Gasteiger partial charge on any atom is -0.493 e. The van der Waals surface area contributed by atoms with Gasteiger partial charge in [-0.15, -0.1) is 0 Å². The number of benzene rings is 3. The number of nitrogens with one attached hydrogen (secondary N) is 1. The lowest BCUT2D eigenvalue weighted by Crippen LogP contribution is -2.20. The molecule has 3 aromatic rings. The number of carbonyl (C=O) groups is 1. The fourth-order valence-electron chi connectivity index (χ4n) is 3.12. The molecule has 0 fully saturated rings. The van der Waals surface area contributed by atoms with Crippen molar-refractivity contribution >= 4 is 22.9 Å². The Kier molecular flexibility index (Phi) is 5.87. The maximum Gasteiger partial charge on any atom is 0.244 e. The Balaban J connectivity index is 1.77. The van der Waals surface area contributed by atoms with Gasteiger partial charge in [-0.25, -0.2) is 5.43 Å². The van der Waals surface area contributed by atoms with Crippen molar-refractivity contribution in [1.82, 2.24) is 5.43 Å². The molecule has 1 amide bonds. The number of hydrogen-bond donors (Lipinski definition) is 1. The lowest BCUT2D eigenvalue weighted by Gasteiger charge is -2.10. The molecule has 0 heterocycles. The summed E-state index contributed by atoms with van der Waals surface area (Å²) >= 11 is 0. The predicted octanol–water partition coefficient (Wildman–Crippen LogP) is 4.55. The van der Waals surface area contributed by atoms with E-state index in [0.717, 1.165) is 33.2 Å². The van der Waals surface area contributed by atoms with Crippen LogP contribution in [0.2, 0.25) is 0 Å². The summed E-state index contributed by atoms with van der Waals surface area (Å²) in [7, 11) is 0. The Morgan fingerprint density at radius 3 is 2.70 bits per heavy atom. The molecular weight excluding hydrogens is 336 g/mol. The first-order valence-electron chi connectivity index (χ1n) is 9.11. The maximum absolute atomic E-state index is 12.3. The lowest BCUT2D eigenvalue weighted by atomic mass is 10.0. The third-order valence-electron chi connectivity index (χ3n) is 4.46. The zero-order valence-corrected chi connectivity index (χ0v) is 16.0. The van der Waals surface area contributed by atoms with E-state index in [9.17, 15) is 4.79 Å². The van der Waals surface area contributed by atoms with Crippen molar-refractivity contribution in [2.24, 2.45) is 5.10 Å². The molecule has 3 rings (SSSR count). The Morgan fingerprint density at radius 1 is 1.11 bits per heavy atom. The van der Waals surface area contributed by atoms with E-state index in [1.807, 2.05) is 69.3 Å². The Hall–Kier alpha value is -3.14. The van der Waals surface area contributed by atoms with E-state index in [2.05, 4.69) is 16.6 Å². The van der Waals surface area contributed by atoms with Crippen LogP contribution in [0.25, 0.3) is 10.8 Å². The largest absolute Gasteiger partial charge is 0.493 e. The number of fused-ring (bicyclic) bond motifs is 1. The molecule has 0 unspecified atom stereocenters. The summed E-state index contributed by atoms with van der Waals surface area (Å²) in [5.41, 5.74) is 6.80. The number of amides is 1. The maximum atomic E-state index is 12.3. The summed E-state index contributed by atoms with van der Waals surface area (Å²) in [4.78, 5) is 12.3. The van der Waals surface area contributed by atoms with Crippen LogP contribution in [-0.4, -0.2) is 18.7 Å². The normalized spacial score (nSPS) is 11.1. The van der Waals surface area contributed by atoms with Crippen molar-refractivity contribution in [3.05, 3.63) is 76.9 Å². The summed E-state index contributed by atoms with van der Waals surface area (Å²) in [5.74, 6) is 0.611. The van der Waals surface area contributed by atoms with Crippen molar-refractivity contribution in [3.63, 3.8) is 0 Å². The van der Waals surface area contributed by atoms with Crippen LogP contribution in [0.5, 0.6) is 5.75 Å². The molecule has 0 bridgehead atoms. The van der Waals surface area contributed by atoms with Gasteiger partial charge in [-0.2, -0.15) is 5.10 Å². The third kappa shape index (κ3) is 4.53. The summed E-state index contributed by atoms with van der Waals surface area (Å²) < 4.78 is 5.72. The number of aryl methyl sites for hydroxylation is 2. The average molecular weight is 360 g/mol. The van der Waals surface area contributed by atoms with E-state index >= 15 is 0 Å². The van der Waals surface area contributed by atoms with Crippen molar-refractivity contribution < 1.29 is 9.53 Å². The van der Waals surface area contributed by atoms with Crippen molar-refractivity contribution in [3.8, 4) is 5.75 Å². The molecular formula is C23H24N2O2. The number of hydrogen-bond acceptors (Lipinski definition) is 3. The first-order chi connectivity index (χ1) is 13.1. The molecule has 0 saturated heterocycles. The lowest BCUT2D eigenvalue weighted by molar-refractivity contribution is -0.120. The Labute approximate surface area is 159 Å². The first kappa shape index (κ1) is 18.6. The molecule has 0 atom stereocenters. The predicted molar refractivity (Wildman–Crippen MR) is 110 cm³/mol. The summed E-state index contributed by atoms with van der Waals surface area (Å²) in [5, 5.41) is 6.31. The molecule has 0 aromatic heterocycles.